The van der Waals surface area contributed by atoms with E-state index >= 15 is 0 Å². The molecule has 2 rings (SSSR count). The summed E-state index contributed by atoms with van der Waals surface area (Å²) in [6.45, 7) is 5.19. The zero-order valence-corrected chi connectivity index (χ0v) is 11.1. The zero-order valence-electron chi connectivity index (χ0n) is 11.1. The van der Waals surface area contributed by atoms with Crippen LogP contribution in [-0.4, -0.2) is 59.3 Å². The van der Waals surface area contributed by atoms with Crippen LogP contribution < -0.4 is 0 Å². The van der Waals surface area contributed by atoms with Crippen LogP contribution in [0.3, 0.4) is 0 Å². The number of hydrogen-bond donors (Lipinski definition) is 2. The molecule has 4 atom stereocenters. The van der Waals surface area contributed by atoms with Crippen LogP contribution in [0, 0.1) is 5.41 Å². The number of cyclic esters (lactones) is 1. The molecule has 0 amide bonds. The second kappa shape index (κ2) is 4.52. The van der Waals surface area contributed by atoms with Gasteiger partial charge in [0.05, 0.1) is 6.10 Å². The van der Waals surface area contributed by atoms with Crippen LogP contribution in [0.25, 0.3) is 0 Å². The van der Waals surface area contributed by atoms with Crippen LogP contribution in [0.5, 0.6) is 0 Å². The molecular formula is C12H18O7. The van der Waals surface area contributed by atoms with Gasteiger partial charge in [-0.3, -0.25) is 4.79 Å². The van der Waals surface area contributed by atoms with Crippen LogP contribution in [-0.2, 0) is 23.8 Å². The molecule has 0 radical (unpaired) electrons. The molecule has 19 heavy (non-hydrogen) atoms. The maximum atomic E-state index is 11.7. The molecule has 1 aliphatic carbocycles. The summed E-state index contributed by atoms with van der Waals surface area (Å²) in [6, 6.07) is 0. The van der Waals surface area contributed by atoms with Crippen LogP contribution in [0.4, 0.5) is 0 Å². The fraction of sp³-hybridized carbons (Fsp3) is 0.833. The number of esters is 1. The van der Waals surface area contributed by atoms with Crippen molar-refractivity contribution in [3.63, 3.8) is 0 Å². The molecule has 1 heterocycles. The van der Waals surface area contributed by atoms with Gasteiger partial charge in [-0.1, -0.05) is 13.8 Å². The van der Waals surface area contributed by atoms with Crippen molar-refractivity contribution in [1.82, 2.24) is 0 Å². The van der Waals surface area contributed by atoms with E-state index in [1.165, 1.54) is 0 Å². The lowest BCUT2D eigenvalue weighted by Crippen LogP contribution is -2.44. The first-order valence-electron chi connectivity index (χ1n) is 6.13. The van der Waals surface area contributed by atoms with Crippen molar-refractivity contribution in [3.8, 4) is 0 Å². The number of Topliss-reactive ketones (excluding diaryl/α,β-unsaturated/α-hetero) is 1. The molecule has 0 aromatic heterocycles. The van der Waals surface area contributed by atoms with Gasteiger partial charge in [0.25, 0.3) is 5.78 Å². The zero-order chi connectivity index (χ0) is 14.4. The van der Waals surface area contributed by atoms with Crippen molar-refractivity contribution in [1.29, 1.82) is 0 Å². The number of carbonyl (C=O) groups is 2. The number of aliphatic hydroxyl groups excluding tert-OH is 1. The van der Waals surface area contributed by atoms with Crippen molar-refractivity contribution in [2.24, 2.45) is 5.41 Å². The Bertz CT molecular complexity index is 405. The standard InChI is InChI=1S/C12H18O7/c1-4-17-5-18-7-6(13)9(14)19-8(7)12(16)10(15)11(12,2)3/h7-8,10,15-16H,4-5H2,1-3H3/t7?,8-,10?,12+/m0/s1. The molecule has 2 N–H and O–H groups in total. The van der Waals surface area contributed by atoms with Gasteiger partial charge in [0.2, 0.25) is 0 Å². The highest BCUT2D eigenvalue weighted by molar-refractivity contribution is 6.37. The quantitative estimate of drug-likeness (QED) is 0.287. The van der Waals surface area contributed by atoms with Gasteiger partial charge < -0.3 is 24.4 Å². The summed E-state index contributed by atoms with van der Waals surface area (Å²) in [4.78, 5) is 23.0. The summed E-state index contributed by atoms with van der Waals surface area (Å²) >= 11 is 0. The first kappa shape index (κ1) is 14.4. The smallest absolute Gasteiger partial charge is 0.378 e. The first-order chi connectivity index (χ1) is 8.78. The maximum Gasteiger partial charge on any atom is 0.378 e. The van der Waals surface area contributed by atoms with E-state index < -0.39 is 41.1 Å². The van der Waals surface area contributed by atoms with Gasteiger partial charge in [-0.2, -0.15) is 0 Å². The van der Waals surface area contributed by atoms with Gasteiger partial charge in [-0.15, -0.1) is 0 Å². The van der Waals surface area contributed by atoms with E-state index in [-0.39, 0.29) is 6.79 Å². The summed E-state index contributed by atoms with van der Waals surface area (Å²) in [5.74, 6) is -1.93. The van der Waals surface area contributed by atoms with Gasteiger partial charge in [0, 0.05) is 12.0 Å². The highest BCUT2D eigenvalue weighted by Crippen LogP contribution is 2.59. The number of hydrogen-bond acceptors (Lipinski definition) is 7. The van der Waals surface area contributed by atoms with E-state index in [9.17, 15) is 19.8 Å². The lowest BCUT2D eigenvalue weighted by atomic mass is 9.97. The minimum atomic E-state index is -1.67. The minimum Gasteiger partial charge on any atom is -0.450 e. The van der Waals surface area contributed by atoms with Gasteiger partial charge in [-0.25, -0.2) is 4.79 Å². The van der Waals surface area contributed by atoms with E-state index in [4.69, 9.17) is 14.2 Å². The van der Waals surface area contributed by atoms with Crippen LogP contribution in [0.2, 0.25) is 0 Å². The van der Waals surface area contributed by atoms with Gasteiger partial charge >= 0.3 is 5.97 Å². The lowest BCUT2D eigenvalue weighted by Gasteiger charge is -2.24. The molecule has 7 nitrogen and oxygen atoms in total. The Morgan fingerprint density at radius 3 is 2.42 bits per heavy atom. The van der Waals surface area contributed by atoms with Crippen LogP contribution >= 0.6 is 0 Å². The normalized spacial score (nSPS) is 40.4. The molecule has 0 spiro atoms. The van der Waals surface area contributed by atoms with Crippen LogP contribution in [0.15, 0.2) is 0 Å². The summed E-state index contributed by atoms with van der Waals surface area (Å²) in [5.41, 5.74) is -2.54. The minimum absolute atomic E-state index is 0.188. The van der Waals surface area contributed by atoms with Crippen LogP contribution in [0.1, 0.15) is 20.8 Å². The molecule has 0 aromatic rings. The predicted octanol–water partition coefficient (Wildman–Crippen LogP) is -1.01. The van der Waals surface area contributed by atoms with Crippen molar-refractivity contribution < 1.29 is 34.0 Å². The number of aliphatic hydroxyl groups is 2. The molecule has 1 saturated carbocycles. The third-order valence-electron chi connectivity index (χ3n) is 3.99. The fourth-order valence-electron chi connectivity index (χ4n) is 2.45. The number of rotatable bonds is 5. The highest BCUT2D eigenvalue weighted by Gasteiger charge is 2.78. The molecule has 2 fully saturated rings. The van der Waals surface area contributed by atoms with E-state index in [0.29, 0.717) is 6.61 Å². The molecular weight excluding hydrogens is 256 g/mol. The third-order valence-corrected chi connectivity index (χ3v) is 3.99. The summed E-state index contributed by atoms with van der Waals surface area (Å²) in [7, 11) is 0. The van der Waals surface area contributed by atoms with E-state index in [1.807, 2.05) is 0 Å². The number of ketones is 1. The Morgan fingerprint density at radius 1 is 1.37 bits per heavy atom. The van der Waals surface area contributed by atoms with Gasteiger partial charge in [0.1, 0.15) is 12.4 Å². The van der Waals surface area contributed by atoms with Gasteiger partial charge in [-0.05, 0) is 6.92 Å². The average Bonchev–Trinajstić information content (AvgIpc) is 2.63. The third kappa shape index (κ3) is 1.88. The number of ether oxygens (including phenoxy) is 3. The van der Waals surface area contributed by atoms with E-state index in [1.54, 1.807) is 20.8 Å². The summed E-state index contributed by atoms with van der Waals surface area (Å²) < 4.78 is 15.0. The second-order valence-corrected chi connectivity index (χ2v) is 5.34. The van der Waals surface area contributed by atoms with E-state index in [2.05, 4.69) is 0 Å². The second-order valence-electron chi connectivity index (χ2n) is 5.34. The Balaban J connectivity index is 2.15. The molecule has 1 aliphatic heterocycles. The Kier molecular flexibility index (Phi) is 3.42. The summed E-state index contributed by atoms with van der Waals surface area (Å²) in [6.07, 6.45) is -3.54. The average molecular weight is 274 g/mol. The molecule has 7 heteroatoms. The topological polar surface area (TPSA) is 102 Å². The maximum absolute atomic E-state index is 11.7. The molecule has 0 aromatic carbocycles. The van der Waals surface area contributed by atoms with Crippen molar-refractivity contribution in [3.05, 3.63) is 0 Å². The SMILES string of the molecule is CCOCOC1C(=O)C(=O)O[C@@H]1[C@@]1(O)C(O)C1(C)C. The number of carbonyl (C=O) groups excluding carboxylic acids is 2. The van der Waals surface area contributed by atoms with Crippen molar-refractivity contribution >= 4 is 11.8 Å². The first-order valence-corrected chi connectivity index (χ1v) is 6.13. The Hall–Kier alpha value is -1.02. The van der Waals surface area contributed by atoms with Gasteiger partial charge in [0.15, 0.2) is 12.2 Å². The molecule has 2 unspecified atom stereocenters. The lowest BCUT2D eigenvalue weighted by molar-refractivity contribution is -0.160. The van der Waals surface area contributed by atoms with E-state index in [0.717, 1.165) is 0 Å². The molecule has 108 valence electrons. The molecule has 2 aliphatic rings. The summed E-state index contributed by atoms with van der Waals surface area (Å²) in [5, 5.41) is 20.2. The fourth-order valence-corrected chi connectivity index (χ4v) is 2.45. The Labute approximate surface area is 110 Å². The highest BCUT2D eigenvalue weighted by atomic mass is 16.7. The molecule has 1 saturated heterocycles. The predicted molar refractivity (Wildman–Crippen MR) is 61.0 cm³/mol. The monoisotopic (exact) mass is 274 g/mol. The Morgan fingerprint density at radius 2 is 1.95 bits per heavy atom. The molecule has 0 bridgehead atoms. The van der Waals surface area contributed by atoms with Crippen molar-refractivity contribution in [2.75, 3.05) is 13.4 Å². The van der Waals surface area contributed by atoms with Crippen molar-refractivity contribution in [2.45, 2.75) is 44.7 Å². The largest absolute Gasteiger partial charge is 0.450 e.